The fourth-order valence-corrected chi connectivity index (χ4v) is 6.97. The Bertz CT molecular complexity index is 2750. The molecule has 0 spiro atoms. The SMILES string of the molecule is c1ccc(-c2ccc3oc4ccc5oc(-c6ccc7c(c6)c6c8ccccc8ccc6n7-c6ccccc6)nc5c4c3c2)cc1. The van der Waals surface area contributed by atoms with E-state index in [-0.39, 0.29) is 0 Å². The predicted molar refractivity (Wildman–Crippen MR) is 184 cm³/mol. The third-order valence-electron chi connectivity index (χ3n) is 9.01. The summed E-state index contributed by atoms with van der Waals surface area (Å²) < 4.78 is 15.1. The van der Waals surface area contributed by atoms with E-state index in [1.54, 1.807) is 0 Å². The van der Waals surface area contributed by atoms with Gasteiger partial charge in [0.25, 0.3) is 0 Å². The van der Waals surface area contributed by atoms with Crippen LogP contribution in [0.25, 0.3) is 93.9 Å². The molecule has 0 fully saturated rings. The van der Waals surface area contributed by atoms with Gasteiger partial charge in [-0.05, 0) is 82.6 Å². The van der Waals surface area contributed by atoms with Gasteiger partial charge in [-0.25, -0.2) is 4.98 Å². The van der Waals surface area contributed by atoms with E-state index in [0.29, 0.717) is 5.89 Å². The summed E-state index contributed by atoms with van der Waals surface area (Å²) in [5.41, 5.74) is 9.87. The molecule has 0 unspecified atom stereocenters. The van der Waals surface area contributed by atoms with Crippen LogP contribution in [0.1, 0.15) is 0 Å². The lowest BCUT2D eigenvalue weighted by Crippen LogP contribution is -1.93. The van der Waals surface area contributed by atoms with E-state index in [1.165, 1.54) is 21.7 Å². The van der Waals surface area contributed by atoms with Crippen molar-refractivity contribution in [2.24, 2.45) is 0 Å². The number of hydrogen-bond donors (Lipinski definition) is 0. The topological polar surface area (TPSA) is 44.1 Å². The number of rotatable bonds is 3. The number of aromatic nitrogens is 2. The Morgan fingerprint density at radius 1 is 0.444 bits per heavy atom. The van der Waals surface area contributed by atoms with Gasteiger partial charge in [0.15, 0.2) is 5.58 Å². The van der Waals surface area contributed by atoms with Crippen LogP contribution in [-0.4, -0.2) is 9.55 Å². The molecule has 7 aromatic carbocycles. The van der Waals surface area contributed by atoms with Crippen molar-refractivity contribution in [1.82, 2.24) is 9.55 Å². The van der Waals surface area contributed by atoms with Gasteiger partial charge in [0.05, 0.1) is 16.4 Å². The monoisotopic (exact) mass is 576 g/mol. The molecule has 10 aromatic rings. The molecule has 0 saturated carbocycles. The van der Waals surface area contributed by atoms with Gasteiger partial charge in [-0.1, -0.05) is 84.9 Å². The summed E-state index contributed by atoms with van der Waals surface area (Å²) in [6, 6.07) is 50.8. The van der Waals surface area contributed by atoms with Crippen LogP contribution in [0.4, 0.5) is 0 Å². The number of fused-ring (bicyclic) bond motifs is 10. The Kier molecular flexibility index (Phi) is 4.96. The minimum absolute atomic E-state index is 0.591. The molecule has 45 heavy (non-hydrogen) atoms. The fourth-order valence-electron chi connectivity index (χ4n) is 6.97. The first-order valence-corrected chi connectivity index (χ1v) is 15.1. The highest BCUT2D eigenvalue weighted by Crippen LogP contribution is 2.41. The minimum Gasteiger partial charge on any atom is -0.456 e. The molecule has 0 bridgehead atoms. The lowest BCUT2D eigenvalue weighted by molar-refractivity contribution is 0.619. The standard InChI is InChI=1S/C41H24N2O2/c1-3-9-25(10-4-1)27-17-20-35-32(23-27)39-36(44-35)21-22-37-40(39)42-41(45-37)28-16-18-33-31(24-28)38-30-14-8-7-11-26(30)15-19-34(38)43(33)29-12-5-2-6-13-29/h1-24H. The summed E-state index contributed by atoms with van der Waals surface area (Å²) in [5, 5.41) is 6.84. The Balaban J connectivity index is 1.22. The molecule has 0 aliphatic rings. The number of benzene rings is 7. The molecular formula is C41H24N2O2. The third-order valence-corrected chi connectivity index (χ3v) is 9.01. The highest BCUT2D eigenvalue weighted by Gasteiger charge is 2.20. The van der Waals surface area contributed by atoms with E-state index in [2.05, 4.69) is 126 Å². The number of nitrogens with zero attached hydrogens (tertiary/aromatic N) is 2. The molecule has 0 atom stereocenters. The maximum absolute atomic E-state index is 6.48. The average molecular weight is 577 g/mol. The first kappa shape index (κ1) is 24.3. The van der Waals surface area contributed by atoms with Crippen LogP contribution in [0.3, 0.4) is 0 Å². The van der Waals surface area contributed by atoms with Crippen LogP contribution in [0.2, 0.25) is 0 Å². The van der Waals surface area contributed by atoms with Crippen LogP contribution in [0, 0.1) is 0 Å². The first-order valence-electron chi connectivity index (χ1n) is 15.1. The van der Waals surface area contributed by atoms with Gasteiger partial charge in [0.2, 0.25) is 5.89 Å². The molecule has 0 amide bonds. The average Bonchev–Trinajstić information content (AvgIpc) is 3.80. The summed E-state index contributed by atoms with van der Waals surface area (Å²) in [4.78, 5) is 5.12. The van der Waals surface area contributed by atoms with Crippen molar-refractivity contribution in [3.05, 3.63) is 146 Å². The van der Waals surface area contributed by atoms with Crippen LogP contribution in [-0.2, 0) is 0 Å². The highest BCUT2D eigenvalue weighted by atomic mass is 16.4. The minimum atomic E-state index is 0.591. The van der Waals surface area contributed by atoms with Gasteiger partial charge in [0, 0.05) is 27.4 Å². The molecule has 0 radical (unpaired) electrons. The van der Waals surface area contributed by atoms with Gasteiger partial charge in [-0.2, -0.15) is 0 Å². The Hall–Kier alpha value is -6.13. The summed E-state index contributed by atoms with van der Waals surface area (Å²) in [7, 11) is 0. The zero-order chi connectivity index (χ0) is 29.5. The number of oxazole rings is 1. The summed E-state index contributed by atoms with van der Waals surface area (Å²) in [5.74, 6) is 0.591. The van der Waals surface area contributed by atoms with Crippen LogP contribution in [0.15, 0.2) is 154 Å². The zero-order valence-electron chi connectivity index (χ0n) is 24.1. The number of hydrogen-bond acceptors (Lipinski definition) is 3. The van der Waals surface area contributed by atoms with Crippen LogP contribution < -0.4 is 0 Å². The quantitative estimate of drug-likeness (QED) is 0.210. The third kappa shape index (κ3) is 3.57. The van der Waals surface area contributed by atoms with E-state index in [0.717, 1.165) is 66.3 Å². The van der Waals surface area contributed by atoms with Gasteiger partial charge < -0.3 is 13.4 Å². The summed E-state index contributed by atoms with van der Waals surface area (Å²) in [6.07, 6.45) is 0. The molecule has 0 saturated heterocycles. The normalized spacial score (nSPS) is 12.0. The molecule has 3 aromatic heterocycles. The van der Waals surface area contributed by atoms with Crippen molar-refractivity contribution in [1.29, 1.82) is 0 Å². The van der Waals surface area contributed by atoms with Crippen LogP contribution >= 0.6 is 0 Å². The molecular weight excluding hydrogens is 552 g/mol. The van der Waals surface area contributed by atoms with E-state index in [9.17, 15) is 0 Å². The smallest absolute Gasteiger partial charge is 0.227 e. The predicted octanol–water partition coefficient (Wildman–Crippen LogP) is 11.3. The lowest BCUT2D eigenvalue weighted by Gasteiger charge is -2.08. The second-order valence-electron chi connectivity index (χ2n) is 11.6. The summed E-state index contributed by atoms with van der Waals surface area (Å²) >= 11 is 0. The molecule has 4 nitrogen and oxygen atoms in total. The van der Waals surface area contributed by atoms with Gasteiger partial charge in [-0.15, -0.1) is 0 Å². The maximum Gasteiger partial charge on any atom is 0.227 e. The molecule has 0 aliphatic heterocycles. The first-order chi connectivity index (χ1) is 22.3. The fraction of sp³-hybridized carbons (Fsp3) is 0. The van der Waals surface area contributed by atoms with Crippen molar-refractivity contribution >= 4 is 65.6 Å². The van der Waals surface area contributed by atoms with E-state index >= 15 is 0 Å². The molecule has 210 valence electrons. The zero-order valence-corrected chi connectivity index (χ0v) is 24.1. The molecule has 10 rings (SSSR count). The molecule has 0 N–H and O–H groups in total. The van der Waals surface area contributed by atoms with E-state index in [4.69, 9.17) is 13.8 Å². The van der Waals surface area contributed by atoms with Gasteiger partial charge >= 0.3 is 0 Å². The maximum atomic E-state index is 6.48. The van der Waals surface area contributed by atoms with Gasteiger partial charge in [0.1, 0.15) is 16.7 Å². The van der Waals surface area contributed by atoms with Crippen LogP contribution in [0.5, 0.6) is 0 Å². The Morgan fingerprint density at radius 2 is 1.16 bits per heavy atom. The van der Waals surface area contributed by atoms with E-state index < -0.39 is 0 Å². The van der Waals surface area contributed by atoms with Gasteiger partial charge in [-0.3, -0.25) is 0 Å². The molecule has 4 heteroatoms. The number of furan rings is 1. The van der Waals surface area contributed by atoms with Crippen molar-refractivity contribution in [2.45, 2.75) is 0 Å². The van der Waals surface area contributed by atoms with E-state index in [1.807, 2.05) is 24.3 Å². The van der Waals surface area contributed by atoms with Crippen molar-refractivity contribution in [3.8, 4) is 28.3 Å². The largest absolute Gasteiger partial charge is 0.456 e. The second kappa shape index (κ2) is 9.18. The van der Waals surface area contributed by atoms with Crippen molar-refractivity contribution in [2.75, 3.05) is 0 Å². The Morgan fingerprint density at radius 3 is 2.04 bits per heavy atom. The lowest BCUT2D eigenvalue weighted by atomic mass is 10.0. The molecule has 0 aliphatic carbocycles. The van der Waals surface area contributed by atoms with Crippen molar-refractivity contribution in [3.63, 3.8) is 0 Å². The molecule has 3 heterocycles. The number of para-hydroxylation sites is 1. The Labute approximate surface area is 257 Å². The summed E-state index contributed by atoms with van der Waals surface area (Å²) in [6.45, 7) is 0. The van der Waals surface area contributed by atoms with Crippen molar-refractivity contribution < 1.29 is 8.83 Å². The second-order valence-corrected chi connectivity index (χ2v) is 11.6. The highest BCUT2D eigenvalue weighted by molar-refractivity contribution is 6.22.